The number of nitrogens with zero attached hydrogens (tertiary/aromatic N) is 1. The summed E-state index contributed by atoms with van der Waals surface area (Å²) in [6.07, 6.45) is 0. The van der Waals surface area contributed by atoms with E-state index >= 15 is 0 Å². The molecule has 5 heteroatoms. The molecule has 0 unspecified atom stereocenters. The summed E-state index contributed by atoms with van der Waals surface area (Å²) in [4.78, 5) is 7.44. The quantitative estimate of drug-likeness (QED) is 0.718. The average molecular weight is 279 g/mol. The van der Waals surface area contributed by atoms with Gasteiger partial charge in [0.2, 0.25) is 0 Å². The van der Waals surface area contributed by atoms with Crippen LogP contribution >= 0.6 is 15.9 Å². The molecule has 0 aliphatic carbocycles. The molecule has 2 N–H and O–H groups in total. The van der Waals surface area contributed by atoms with Crippen LogP contribution in [0.25, 0.3) is 22.6 Å². The van der Waals surface area contributed by atoms with Gasteiger partial charge in [-0.15, -0.1) is 0 Å². The van der Waals surface area contributed by atoms with E-state index in [2.05, 4.69) is 25.9 Å². The second-order valence-corrected chi connectivity index (χ2v) is 4.17. The molecule has 0 spiro atoms. The SMILES string of the molecule is Oc1ccc2nc(-c3ccc(Br)o3)[nH]c2c1. The van der Waals surface area contributed by atoms with E-state index in [1.54, 1.807) is 24.3 Å². The Bertz CT molecular complexity index is 657. The fourth-order valence-electron chi connectivity index (χ4n) is 1.56. The molecule has 0 radical (unpaired) electrons. The van der Waals surface area contributed by atoms with Crippen molar-refractivity contribution < 1.29 is 9.52 Å². The Hall–Kier alpha value is -1.75. The number of H-pyrrole nitrogens is 1. The minimum absolute atomic E-state index is 0.211. The number of aromatic amines is 1. The highest BCUT2D eigenvalue weighted by molar-refractivity contribution is 9.10. The Morgan fingerprint density at radius 3 is 2.88 bits per heavy atom. The van der Waals surface area contributed by atoms with E-state index in [0.717, 1.165) is 11.0 Å². The molecule has 0 saturated carbocycles. The van der Waals surface area contributed by atoms with E-state index in [-0.39, 0.29) is 5.75 Å². The Morgan fingerprint density at radius 1 is 1.25 bits per heavy atom. The summed E-state index contributed by atoms with van der Waals surface area (Å²) in [5.41, 5.74) is 1.57. The lowest BCUT2D eigenvalue weighted by molar-refractivity contribution is 0.476. The Morgan fingerprint density at radius 2 is 2.12 bits per heavy atom. The summed E-state index contributed by atoms with van der Waals surface area (Å²) in [5, 5.41) is 9.34. The van der Waals surface area contributed by atoms with Crippen LogP contribution in [0.15, 0.2) is 39.4 Å². The number of halogens is 1. The highest BCUT2D eigenvalue weighted by atomic mass is 79.9. The first kappa shape index (κ1) is 9.47. The maximum absolute atomic E-state index is 9.34. The van der Waals surface area contributed by atoms with Gasteiger partial charge < -0.3 is 14.5 Å². The lowest BCUT2D eigenvalue weighted by atomic mass is 10.3. The third-order valence-electron chi connectivity index (χ3n) is 2.27. The van der Waals surface area contributed by atoms with Crippen molar-refractivity contribution in [1.29, 1.82) is 0 Å². The van der Waals surface area contributed by atoms with Crippen LogP contribution in [0.5, 0.6) is 5.75 Å². The molecule has 0 aliphatic rings. The number of phenolic OH excluding ortho intramolecular Hbond substituents is 1. The van der Waals surface area contributed by atoms with Gasteiger partial charge in [0.25, 0.3) is 0 Å². The molecule has 0 amide bonds. The van der Waals surface area contributed by atoms with Crippen molar-refractivity contribution in [1.82, 2.24) is 9.97 Å². The van der Waals surface area contributed by atoms with Crippen molar-refractivity contribution in [3.05, 3.63) is 35.0 Å². The number of aromatic nitrogens is 2. The highest BCUT2D eigenvalue weighted by Crippen LogP contribution is 2.26. The Balaban J connectivity index is 2.18. The first-order chi connectivity index (χ1) is 7.72. The molecule has 4 nitrogen and oxygen atoms in total. The average Bonchev–Trinajstić information content (AvgIpc) is 2.83. The summed E-state index contributed by atoms with van der Waals surface area (Å²) < 4.78 is 6.05. The third-order valence-corrected chi connectivity index (χ3v) is 2.70. The number of rotatable bonds is 1. The molecule has 1 aromatic carbocycles. The molecule has 0 atom stereocenters. The van der Waals surface area contributed by atoms with Crippen molar-refractivity contribution in [2.24, 2.45) is 0 Å². The van der Waals surface area contributed by atoms with E-state index in [9.17, 15) is 5.11 Å². The van der Waals surface area contributed by atoms with Crippen LogP contribution in [0.4, 0.5) is 0 Å². The first-order valence-electron chi connectivity index (χ1n) is 4.67. The van der Waals surface area contributed by atoms with Crippen LogP contribution in [0.3, 0.4) is 0 Å². The number of hydrogen-bond acceptors (Lipinski definition) is 3. The molecular formula is C11H7BrN2O2. The summed E-state index contributed by atoms with van der Waals surface area (Å²) >= 11 is 3.24. The second-order valence-electron chi connectivity index (χ2n) is 3.39. The van der Waals surface area contributed by atoms with Gasteiger partial charge in [0, 0.05) is 6.07 Å². The summed E-state index contributed by atoms with van der Waals surface area (Å²) in [6.45, 7) is 0. The predicted molar refractivity (Wildman–Crippen MR) is 63.2 cm³/mol. The molecular weight excluding hydrogens is 272 g/mol. The molecule has 2 aromatic heterocycles. The van der Waals surface area contributed by atoms with Gasteiger partial charge >= 0.3 is 0 Å². The number of furan rings is 1. The largest absolute Gasteiger partial charge is 0.508 e. The van der Waals surface area contributed by atoms with E-state index < -0.39 is 0 Å². The normalized spacial score (nSPS) is 11.1. The van der Waals surface area contributed by atoms with Crippen molar-refractivity contribution in [2.45, 2.75) is 0 Å². The number of imidazole rings is 1. The van der Waals surface area contributed by atoms with Gasteiger partial charge in [0.1, 0.15) is 5.75 Å². The van der Waals surface area contributed by atoms with Gasteiger partial charge in [-0.3, -0.25) is 0 Å². The Kier molecular flexibility index (Phi) is 2.00. The van der Waals surface area contributed by atoms with Gasteiger partial charge in [-0.1, -0.05) is 0 Å². The monoisotopic (exact) mass is 278 g/mol. The topological polar surface area (TPSA) is 62.1 Å². The van der Waals surface area contributed by atoms with Crippen LogP contribution in [0.2, 0.25) is 0 Å². The van der Waals surface area contributed by atoms with Crippen molar-refractivity contribution in [2.75, 3.05) is 0 Å². The molecule has 3 aromatic rings. The van der Waals surface area contributed by atoms with Gasteiger partial charge in [-0.25, -0.2) is 4.98 Å². The second kappa shape index (κ2) is 3.38. The summed E-state index contributed by atoms with van der Waals surface area (Å²) in [5.74, 6) is 1.51. The fourth-order valence-corrected chi connectivity index (χ4v) is 1.86. The fraction of sp³-hybridized carbons (Fsp3) is 0. The zero-order chi connectivity index (χ0) is 11.1. The van der Waals surface area contributed by atoms with Gasteiger partial charge in [-0.05, 0) is 40.2 Å². The number of nitrogens with one attached hydrogen (secondary N) is 1. The zero-order valence-corrected chi connectivity index (χ0v) is 9.65. The van der Waals surface area contributed by atoms with Gasteiger partial charge in [0.15, 0.2) is 16.3 Å². The van der Waals surface area contributed by atoms with Gasteiger partial charge in [-0.2, -0.15) is 0 Å². The first-order valence-corrected chi connectivity index (χ1v) is 5.46. The van der Waals surface area contributed by atoms with E-state index in [1.165, 1.54) is 0 Å². The van der Waals surface area contributed by atoms with Crippen molar-refractivity contribution >= 4 is 27.0 Å². The lowest BCUT2D eigenvalue weighted by Gasteiger charge is -1.88. The van der Waals surface area contributed by atoms with E-state index in [1.807, 2.05) is 6.07 Å². The molecule has 0 saturated heterocycles. The summed E-state index contributed by atoms with van der Waals surface area (Å²) in [7, 11) is 0. The number of phenols is 1. The van der Waals surface area contributed by atoms with E-state index in [0.29, 0.717) is 16.3 Å². The Labute approximate surface area is 99.1 Å². The number of fused-ring (bicyclic) bond motifs is 1. The van der Waals surface area contributed by atoms with Crippen LogP contribution < -0.4 is 0 Å². The minimum atomic E-state index is 0.211. The number of hydrogen-bond donors (Lipinski definition) is 2. The highest BCUT2D eigenvalue weighted by Gasteiger charge is 2.09. The molecule has 16 heavy (non-hydrogen) atoms. The molecule has 2 heterocycles. The third kappa shape index (κ3) is 1.49. The zero-order valence-electron chi connectivity index (χ0n) is 8.07. The molecule has 80 valence electrons. The lowest BCUT2D eigenvalue weighted by Crippen LogP contribution is -1.74. The number of benzene rings is 1. The smallest absolute Gasteiger partial charge is 0.174 e. The molecule has 3 rings (SSSR count). The molecule has 0 bridgehead atoms. The molecule has 0 fully saturated rings. The van der Waals surface area contributed by atoms with Gasteiger partial charge in [0.05, 0.1) is 11.0 Å². The minimum Gasteiger partial charge on any atom is -0.508 e. The maximum atomic E-state index is 9.34. The van der Waals surface area contributed by atoms with Crippen LogP contribution in [-0.2, 0) is 0 Å². The summed E-state index contributed by atoms with van der Waals surface area (Å²) in [6, 6.07) is 8.61. The van der Waals surface area contributed by atoms with Crippen molar-refractivity contribution in [3.8, 4) is 17.3 Å². The predicted octanol–water partition coefficient (Wildman–Crippen LogP) is 3.29. The number of aromatic hydroxyl groups is 1. The van der Waals surface area contributed by atoms with Crippen LogP contribution in [0, 0.1) is 0 Å². The maximum Gasteiger partial charge on any atom is 0.174 e. The van der Waals surface area contributed by atoms with Crippen LogP contribution in [0.1, 0.15) is 0 Å². The van der Waals surface area contributed by atoms with Crippen molar-refractivity contribution in [3.63, 3.8) is 0 Å². The van der Waals surface area contributed by atoms with E-state index in [4.69, 9.17) is 4.42 Å². The molecule has 0 aliphatic heterocycles. The van der Waals surface area contributed by atoms with Crippen LogP contribution in [-0.4, -0.2) is 15.1 Å². The standard InChI is InChI=1S/C11H7BrN2O2/c12-10-4-3-9(16-10)11-13-7-2-1-6(15)5-8(7)14-11/h1-5,15H,(H,13,14).